The van der Waals surface area contributed by atoms with Crippen LogP contribution in [0.15, 0.2) is 59.3 Å². The minimum absolute atomic E-state index is 0.0368. The normalized spacial score (nSPS) is 12.8. The first-order valence-electron chi connectivity index (χ1n) is 11.8. The van der Waals surface area contributed by atoms with Crippen molar-refractivity contribution in [2.45, 2.75) is 51.3 Å². The number of carbonyl (C=O) groups is 1. The summed E-state index contributed by atoms with van der Waals surface area (Å²) in [5, 5.41) is 13.0. The number of halogens is 1. The van der Waals surface area contributed by atoms with E-state index in [0.29, 0.717) is 11.1 Å². The van der Waals surface area contributed by atoms with Crippen LogP contribution < -0.4 is 5.32 Å². The quantitative estimate of drug-likeness (QED) is 0.437. The molecule has 0 atom stereocenters. The molecule has 1 heterocycles. The number of nitrogens with zero attached hydrogens (tertiary/aromatic N) is 2. The van der Waals surface area contributed by atoms with Crippen molar-refractivity contribution in [2.75, 3.05) is 20.6 Å². The lowest BCUT2D eigenvalue weighted by Gasteiger charge is -2.19. The van der Waals surface area contributed by atoms with E-state index in [0.717, 1.165) is 26.5 Å². The number of sulfonamides is 1. The number of nitrogens with one attached hydrogen (secondary N) is 1. The van der Waals surface area contributed by atoms with E-state index in [9.17, 15) is 22.7 Å². The van der Waals surface area contributed by atoms with Crippen molar-refractivity contribution in [1.82, 2.24) is 14.2 Å². The summed E-state index contributed by atoms with van der Waals surface area (Å²) >= 11 is 0. The number of alkyl carbamates (subject to hydrolysis) is 1. The molecule has 0 aliphatic rings. The summed E-state index contributed by atoms with van der Waals surface area (Å²) in [5.41, 5.74) is 2.90. The van der Waals surface area contributed by atoms with Crippen LogP contribution in [-0.4, -0.2) is 54.7 Å². The van der Waals surface area contributed by atoms with Gasteiger partial charge in [-0.1, -0.05) is 18.2 Å². The average molecular weight is 532 g/mol. The SMILES string of the molecule is Cc1c(-c2cccc(S(=O)(=O)N(C)C)c2)c2cc(CO)ccc2n1C/C(F)=C/CNC(=O)OC(C)(C)C. The third-order valence-corrected chi connectivity index (χ3v) is 7.56. The Kier molecular flexibility index (Phi) is 8.46. The van der Waals surface area contributed by atoms with E-state index in [4.69, 9.17) is 4.74 Å². The summed E-state index contributed by atoms with van der Waals surface area (Å²) in [4.78, 5) is 12.0. The van der Waals surface area contributed by atoms with Crippen LogP contribution in [0.2, 0.25) is 0 Å². The lowest BCUT2D eigenvalue weighted by Crippen LogP contribution is -2.32. The van der Waals surface area contributed by atoms with E-state index in [1.54, 1.807) is 43.5 Å². The molecule has 2 N–H and O–H groups in total. The molecule has 3 aromatic rings. The van der Waals surface area contributed by atoms with E-state index < -0.39 is 27.5 Å². The van der Waals surface area contributed by atoms with E-state index in [1.165, 1.54) is 26.2 Å². The highest BCUT2D eigenvalue weighted by Gasteiger charge is 2.21. The summed E-state index contributed by atoms with van der Waals surface area (Å²) in [6.45, 7) is 6.78. The topological polar surface area (TPSA) is 101 Å². The number of aliphatic hydroxyl groups excluding tert-OH is 1. The van der Waals surface area contributed by atoms with Gasteiger partial charge in [-0.05, 0) is 69.2 Å². The molecule has 0 spiro atoms. The minimum atomic E-state index is -3.65. The molecule has 37 heavy (non-hydrogen) atoms. The first kappa shape index (κ1) is 28.4. The number of ether oxygens (including phenoxy) is 1. The van der Waals surface area contributed by atoms with E-state index in [-0.39, 0.29) is 24.6 Å². The van der Waals surface area contributed by atoms with Gasteiger partial charge in [0, 0.05) is 42.8 Å². The van der Waals surface area contributed by atoms with Gasteiger partial charge in [-0.2, -0.15) is 0 Å². The Hall–Kier alpha value is -3.21. The van der Waals surface area contributed by atoms with Crippen LogP contribution in [0, 0.1) is 6.92 Å². The molecule has 0 saturated heterocycles. The summed E-state index contributed by atoms with van der Waals surface area (Å²) in [6.07, 6.45) is 0.645. The first-order chi connectivity index (χ1) is 17.2. The summed E-state index contributed by atoms with van der Waals surface area (Å²) in [7, 11) is -0.711. The van der Waals surface area contributed by atoms with Crippen molar-refractivity contribution in [3.8, 4) is 11.1 Å². The predicted octanol–water partition coefficient (Wildman–Crippen LogP) is 4.74. The third kappa shape index (κ3) is 6.57. The monoisotopic (exact) mass is 531 g/mol. The highest BCUT2D eigenvalue weighted by molar-refractivity contribution is 7.89. The summed E-state index contributed by atoms with van der Waals surface area (Å²) < 4.78 is 48.5. The fourth-order valence-corrected chi connectivity index (χ4v) is 4.94. The van der Waals surface area contributed by atoms with Crippen molar-refractivity contribution in [1.29, 1.82) is 0 Å². The van der Waals surface area contributed by atoms with Crippen LogP contribution in [0.5, 0.6) is 0 Å². The molecule has 0 aliphatic heterocycles. The van der Waals surface area contributed by atoms with E-state index >= 15 is 0 Å². The zero-order chi connectivity index (χ0) is 27.5. The van der Waals surface area contributed by atoms with Gasteiger partial charge in [-0.25, -0.2) is 21.9 Å². The van der Waals surface area contributed by atoms with Crippen molar-refractivity contribution in [2.24, 2.45) is 0 Å². The van der Waals surface area contributed by atoms with E-state index in [2.05, 4.69) is 5.32 Å². The van der Waals surface area contributed by atoms with Gasteiger partial charge in [-0.3, -0.25) is 0 Å². The molecule has 10 heteroatoms. The maximum atomic E-state index is 15.0. The molecule has 0 bridgehead atoms. The molecular weight excluding hydrogens is 497 g/mol. The summed E-state index contributed by atoms with van der Waals surface area (Å²) in [6, 6.07) is 12.0. The minimum Gasteiger partial charge on any atom is -0.444 e. The Labute approximate surface area is 217 Å². The van der Waals surface area contributed by atoms with Crippen LogP contribution in [-0.2, 0) is 27.9 Å². The molecule has 1 amide bonds. The zero-order valence-corrected chi connectivity index (χ0v) is 22.8. The summed E-state index contributed by atoms with van der Waals surface area (Å²) in [5.74, 6) is -0.460. The molecule has 0 aliphatic carbocycles. The van der Waals surface area contributed by atoms with Gasteiger partial charge in [-0.15, -0.1) is 0 Å². The number of amides is 1. The fourth-order valence-electron chi connectivity index (χ4n) is 3.99. The zero-order valence-electron chi connectivity index (χ0n) is 22.0. The van der Waals surface area contributed by atoms with Gasteiger partial charge in [0.2, 0.25) is 10.0 Å². The number of hydrogen-bond donors (Lipinski definition) is 2. The Balaban J connectivity index is 2.01. The van der Waals surface area contributed by atoms with Gasteiger partial charge in [0.25, 0.3) is 0 Å². The van der Waals surface area contributed by atoms with Crippen LogP contribution >= 0.6 is 0 Å². The molecule has 1 aromatic heterocycles. The average Bonchev–Trinajstić information content (AvgIpc) is 3.08. The molecule has 0 fully saturated rings. The van der Waals surface area contributed by atoms with Crippen molar-refractivity contribution < 1.29 is 27.4 Å². The lowest BCUT2D eigenvalue weighted by atomic mass is 10.0. The van der Waals surface area contributed by atoms with Crippen LogP contribution in [0.1, 0.15) is 32.0 Å². The maximum absolute atomic E-state index is 15.0. The number of hydrogen-bond acceptors (Lipinski definition) is 5. The predicted molar refractivity (Wildman–Crippen MR) is 142 cm³/mol. The van der Waals surface area contributed by atoms with E-state index in [1.807, 2.05) is 25.1 Å². The van der Waals surface area contributed by atoms with Gasteiger partial charge in [0.1, 0.15) is 11.4 Å². The number of rotatable bonds is 8. The molecule has 0 unspecified atom stereocenters. The number of aliphatic hydroxyl groups is 1. The van der Waals surface area contributed by atoms with Crippen LogP contribution in [0.4, 0.5) is 9.18 Å². The Morgan fingerprint density at radius 1 is 1.19 bits per heavy atom. The molecule has 0 radical (unpaired) electrons. The van der Waals surface area contributed by atoms with Gasteiger partial charge in [0.15, 0.2) is 0 Å². The Morgan fingerprint density at radius 2 is 1.89 bits per heavy atom. The van der Waals surface area contributed by atoms with Gasteiger partial charge >= 0.3 is 6.09 Å². The smallest absolute Gasteiger partial charge is 0.407 e. The Bertz CT molecular complexity index is 1440. The second kappa shape index (κ2) is 11.0. The standard InChI is InChI=1S/C27H34FN3O5S/c1-18-25(20-8-7-9-22(15-20)37(34,35)30(5)6)23-14-19(17-32)10-11-24(23)31(18)16-21(28)12-13-29-26(33)36-27(2,3)4/h7-12,14-15,32H,13,16-17H2,1-6H3,(H,29,33)/b21-12-. The van der Waals surface area contributed by atoms with Crippen LogP contribution in [0.25, 0.3) is 22.0 Å². The Morgan fingerprint density at radius 3 is 2.51 bits per heavy atom. The van der Waals surface area contributed by atoms with Crippen molar-refractivity contribution >= 4 is 27.0 Å². The molecular formula is C27H34FN3O5S. The first-order valence-corrected chi connectivity index (χ1v) is 13.3. The largest absolute Gasteiger partial charge is 0.444 e. The lowest BCUT2D eigenvalue weighted by molar-refractivity contribution is 0.0534. The number of benzene rings is 2. The molecule has 0 saturated carbocycles. The third-order valence-electron chi connectivity index (χ3n) is 5.75. The number of aromatic nitrogens is 1. The van der Waals surface area contributed by atoms with Crippen molar-refractivity contribution in [3.63, 3.8) is 0 Å². The molecule has 8 nitrogen and oxygen atoms in total. The number of fused-ring (bicyclic) bond motifs is 1. The highest BCUT2D eigenvalue weighted by Crippen LogP contribution is 2.37. The maximum Gasteiger partial charge on any atom is 0.407 e. The van der Waals surface area contributed by atoms with Gasteiger partial charge < -0.3 is 19.7 Å². The molecule has 200 valence electrons. The van der Waals surface area contributed by atoms with Crippen LogP contribution in [0.3, 0.4) is 0 Å². The molecule has 2 aromatic carbocycles. The highest BCUT2D eigenvalue weighted by atomic mass is 32.2. The molecule has 3 rings (SSSR count). The number of allylic oxidation sites excluding steroid dienone is 1. The second-order valence-electron chi connectivity index (χ2n) is 9.91. The van der Waals surface area contributed by atoms with Crippen molar-refractivity contribution in [3.05, 3.63) is 65.6 Å². The second-order valence-corrected chi connectivity index (χ2v) is 12.1. The number of carbonyl (C=O) groups excluding carboxylic acids is 1. The fraction of sp³-hybridized carbons (Fsp3) is 0.370. The van der Waals surface area contributed by atoms with Gasteiger partial charge in [0.05, 0.1) is 18.0 Å².